The van der Waals surface area contributed by atoms with Crippen LogP contribution in [-0.4, -0.2) is 0 Å². The Hall–Kier alpha value is -1.30. The van der Waals surface area contributed by atoms with E-state index in [-0.39, 0.29) is 0 Å². The van der Waals surface area contributed by atoms with Crippen molar-refractivity contribution in [1.29, 1.82) is 0 Å². The van der Waals surface area contributed by atoms with Crippen LogP contribution in [0.5, 0.6) is 0 Å². The zero-order valence-corrected chi connectivity index (χ0v) is 22.4. The van der Waals surface area contributed by atoms with Crippen LogP contribution in [0.4, 0.5) is 0 Å². The fourth-order valence-corrected chi connectivity index (χ4v) is 0.551. The van der Waals surface area contributed by atoms with Crippen LogP contribution in [0, 0.1) is 0 Å². The van der Waals surface area contributed by atoms with E-state index >= 15 is 0 Å². The maximum atomic E-state index is 3.71. The third kappa shape index (κ3) is 284. The highest BCUT2D eigenvalue weighted by atomic mass is 13.7. The lowest BCUT2D eigenvalue weighted by molar-refractivity contribution is 1.09. The second-order valence-corrected chi connectivity index (χ2v) is 3.81. The Morgan fingerprint density at radius 2 is 0.889 bits per heavy atom. The van der Waals surface area contributed by atoms with E-state index < -0.39 is 0 Å². The maximum Gasteiger partial charge on any atom is -0.0376 e. The molecule has 168 valence electrons. The van der Waals surface area contributed by atoms with Gasteiger partial charge in [-0.25, -0.2) is 0 Å². The van der Waals surface area contributed by atoms with Crippen molar-refractivity contribution in [1.82, 2.24) is 0 Å². The molecule has 0 atom stereocenters. The molecule has 0 N–H and O–H groups in total. The molecule has 0 aliphatic heterocycles. The van der Waals surface area contributed by atoms with Gasteiger partial charge in [0.15, 0.2) is 0 Å². The van der Waals surface area contributed by atoms with Crippen molar-refractivity contribution < 1.29 is 0 Å². The normalized spacial score (nSPS) is 6.78. The van der Waals surface area contributed by atoms with Gasteiger partial charge in [0.1, 0.15) is 0 Å². The van der Waals surface area contributed by atoms with Gasteiger partial charge in [-0.3, -0.25) is 0 Å². The molecule has 0 fully saturated rings. The summed E-state index contributed by atoms with van der Waals surface area (Å²) in [5.41, 5.74) is 2.18. The largest absolute Gasteiger partial charge is 0.0991 e. The Bertz CT molecular complexity index is 239. The molecule has 0 radical (unpaired) electrons. The highest BCUT2D eigenvalue weighted by molar-refractivity contribution is 5.15. The molecule has 0 aliphatic carbocycles. The van der Waals surface area contributed by atoms with E-state index in [1.807, 2.05) is 101 Å². The fourth-order valence-electron chi connectivity index (χ4n) is 0.551. The third-order valence-electron chi connectivity index (χ3n) is 1.15. The molecule has 0 rings (SSSR count). The molecule has 0 bridgehead atoms. The molecule has 0 aliphatic rings. The van der Waals surface area contributed by atoms with Crippen LogP contribution in [0.1, 0.15) is 117 Å². The SMILES string of the molecule is C=C(C)/C=C\CC.C=C/C=C\C(=C)C.CC.CC.CC.CC.CC.CCC. The Kier molecular flexibility index (Phi) is 188. The minimum atomic E-state index is 1.06. The van der Waals surface area contributed by atoms with Crippen molar-refractivity contribution in [2.24, 2.45) is 0 Å². The monoisotopic (exact) mass is 384 g/mol. The van der Waals surface area contributed by atoms with Crippen molar-refractivity contribution in [3.05, 3.63) is 61.3 Å². The van der Waals surface area contributed by atoms with Gasteiger partial charge in [0.2, 0.25) is 0 Å². The van der Waals surface area contributed by atoms with E-state index in [1.165, 1.54) is 6.42 Å². The van der Waals surface area contributed by atoms with Crippen molar-refractivity contribution in [3.8, 4) is 0 Å². The first-order valence-electron chi connectivity index (χ1n) is 11.2. The molecular formula is C27H60. The van der Waals surface area contributed by atoms with Gasteiger partial charge in [-0.15, -0.1) is 0 Å². The van der Waals surface area contributed by atoms with E-state index in [2.05, 4.69) is 46.6 Å². The van der Waals surface area contributed by atoms with Gasteiger partial charge in [-0.1, -0.05) is 158 Å². The summed E-state index contributed by atoms with van der Waals surface area (Å²) in [5, 5.41) is 0. The summed E-state index contributed by atoms with van der Waals surface area (Å²) in [7, 11) is 0. The quantitative estimate of drug-likeness (QED) is 0.422. The standard InChI is InChI=1S/C7H12.C7H10.C3H8.5C2H6/c2*1-4-5-6-7(2)3;1-3-2;5*1-2/h5-6H,2,4H2,1,3H3;4-6H,1-2H2,3H3;3H2,1-2H3;5*1-2H3/b2*6-5-;;;;;;. The van der Waals surface area contributed by atoms with Gasteiger partial charge in [-0.2, -0.15) is 0 Å². The van der Waals surface area contributed by atoms with Gasteiger partial charge in [0.05, 0.1) is 0 Å². The molecule has 0 amide bonds. The molecule has 0 aromatic rings. The van der Waals surface area contributed by atoms with Crippen LogP contribution < -0.4 is 0 Å². The summed E-state index contributed by atoms with van der Waals surface area (Å²) >= 11 is 0. The second-order valence-electron chi connectivity index (χ2n) is 3.81. The molecule has 0 aromatic heterocycles. The summed E-state index contributed by atoms with van der Waals surface area (Å²) in [5.74, 6) is 0. The van der Waals surface area contributed by atoms with Crippen LogP contribution >= 0.6 is 0 Å². The van der Waals surface area contributed by atoms with Gasteiger partial charge in [-0.05, 0) is 20.3 Å². The average Bonchev–Trinajstić information content (AvgIpc) is 2.73. The maximum absolute atomic E-state index is 3.71. The molecule has 0 unspecified atom stereocenters. The van der Waals surface area contributed by atoms with Crippen molar-refractivity contribution in [2.45, 2.75) is 117 Å². The molecule has 0 saturated carbocycles. The minimum Gasteiger partial charge on any atom is -0.0991 e. The first kappa shape index (κ1) is 50.0. The zero-order chi connectivity index (χ0) is 24.1. The Labute approximate surface area is 178 Å². The summed E-state index contributed by atoms with van der Waals surface area (Å²) in [4.78, 5) is 0. The summed E-state index contributed by atoms with van der Waals surface area (Å²) in [6.45, 7) is 41.2. The second kappa shape index (κ2) is 101. The Morgan fingerprint density at radius 3 is 0.963 bits per heavy atom. The van der Waals surface area contributed by atoms with Crippen LogP contribution in [0.15, 0.2) is 61.3 Å². The topological polar surface area (TPSA) is 0 Å². The number of rotatable bonds is 4. The highest BCUT2D eigenvalue weighted by Crippen LogP contribution is 1.89. The molecule has 0 spiro atoms. The van der Waals surface area contributed by atoms with Gasteiger partial charge >= 0.3 is 0 Å². The molecule has 27 heavy (non-hydrogen) atoms. The predicted molar refractivity (Wildman–Crippen MR) is 141 cm³/mol. The Morgan fingerprint density at radius 1 is 0.630 bits per heavy atom. The fraction of sp³-hybridized carbons (Fsp3) is 0.630. The van der Waals surface area contributed by atoms with E-state index in [4.69, 9.17) is 0 Å². The van der Waals surface area contributed by atoms with E-state index in [1.54, 1.807) is 6.08 Å². The van der Waals surface area contributed by atoms with Crippen molar-refractivity contribution in [2.75, 3.05) is 0 Å². The molecule has 0 saturated heterocycles. The average molecular weight is 385 g/mol. The summed E-state index contributed by atoms with van der Waals surface area (Å²) in [6, 6.07) is 0. The lowest BCUT2D eigenvalue weighted by Gasteiger charge is -1.79. The third-order valence-corrected chi connectivity index (χ3v) is 1.15. The molecule has 0 heterocycles. The molecule has 0 heteroatoms. The van der Waals surface area contributed by atoms with Crippen LogP contribution in [-0.2, 0) is 0 Å². The lowest BCUT2D eigenvalue weighted by atomic mass is 10.3. The van der Waals surface area contributed by atoms with Crippen LogP contribution in [0.25, 0.3) is 0 Å². The van der Waals surface area contributed by atoms with Crippen LogP contribution in [0.2, 0.25) is 0 Å². The van der Waals surface area contributed by atoms with Gasteiger partial charge in [0.25, 0.3) is 0 Å². The number of hydrogen-bond acceptors (Lipinski definition) is 0. The minimum absolute atomic E-state index is 1.06. The number of allylic oxidation sites excluding steroid dienone is 7. The smallest absolute Gasteiger partial charge is 0.0376 e. The van der Waals surface area contributed by atoms with E-state index in [0.717, 1.165) is 17.6 Å². The van der Waals surface area contributed by atoms with Gasteiger partial charge < -0.3 is 0 Å². The number of hydrogen-bond donors (Lipinski definition) is 0. The summed E-state index contributed by atoms with van der Waals surface area (Å²) in [6.07, 6.45) is 12.0. The highest BCUT2D eigenvalue weighted by Gasteiger charge is 1.68. The molecule has 0 aromatic carbocycles. The van der Waals surface area contributed by atoms with Crippen molar-refractivity contribution >= 4 is 0 Å². The van der Waals surface area contributed by atoms with E-state index in [0.29, 0.717) is 0 Å². The zero-order valence-electron chi connectivity index (χ0n) is 22.4. The Balaban J connectivity index is -0.0000000280. The summed E-state index contributed by atoms with van der Waals surface area (Å²) < 4.78 is 0. The van der Waals surface area contributed by atoms with E-state index in [9.17, 15) is 0 Å². The van der Waals surface area contributed by atoms with Gasteiger partial charge in [0, 0.05) is 0 Å². The van der Waals surface area contributed by atoms with Crippen molar-refractivity contribution in [3.63, 3.8) is 0 Å². The lowest BCUT2D eigenvalue weighted by Crippen LogP contribution is -1.58. The first-order valence-corrected chi connectivity index (χ1v) is 11.2. The van der Waals surface area contributed by atoms with Crippen LogP contribution in [0.3, 0.4) is 0 Å². The molecule has 0 nitrogen and oxygen atoms in total. The first-order chi connectivity index (χ1) is 13.0. The predicted octanol–water partition coefficient (Wildman–Crippen LogP) is 11.4. The molecular weight excluding hydrogens is 324 g/mol.